The van der Waals surface area contributed by atoms with Crippen LogP contribution in [0.3, 0.4) is 0 Å². The number of carbonyl (C=O) groups excluding carboxylic acids is 2. The smallest absolute Gasteiger partial charge is 0.302 e. The Labute approximate surface area is 104 Å². The van der Waals surface area contributed by atoms with Gasteiger partial charge in [-0.3, -0.25) is 9.59 Å². The summed E-state index contributed by atoms with van der Waals surface area (Å²) < 4.78 is 4.81. The molecule has 0 spiro atoms. The van der Waals surface area contributed by atoms with Gasteiger partial charge in [0, 0.05) is 25.6 Å². The number of carbonyl (C=O) groups is 2. The molecule has 0 radical (unpaired) electrons. The van der Waals surface area contributed by atoms with Crippen LogP contribution >= 0.6 is 0 Å². The maximum atomic E-state index is 11.8. The molecule has 0 fully saturated rings. The molecule has 0 N–H and O–H groups in total. The van der Waals surface area contributed by atoms with E-state index in [1.807, 2.05) is 13.8 Å². The fourth-order valence-electron chi connectivity index (χ4n) is 1.50. The van der Waals surface area contributed by atoms with Crippen LogP contribution in [0.4, 0.5) is 0 Å². The first kappa shape index (κ1) is 15.7. The van der Waals surface area contributed by atoms with Crippen LogP contribution in [-0.4, -0.2) is 36.5 Å². The zero-order chi connectivity index (χ0) is 13.3. The van der Waals surface area contributed by atoms with Gasteiger partial charge in [-0.25, -0.2) is 0 Å². The van der Waals surface area contributed by atoms with E-state index in [1.165, 1.54) is 6.92 Å². The van der Waals surface area contributed by atoms with E-state index in [-0.39, 0.29) is 11.9 Å². The van der Waals surface area contributed by atoms with Crippen LogP contribution < -0.4 is 0 Å². The minimum Gasteiger partial charge on any atom is -0.466 e. The van der Waals surface area contributed by atoms with E-state index in [9.17, 15) is 9.59 Å². The number of ether oxygens (including phenoxy) is 1. The van der Waals surface area contributed by atoms with Crippen molar-refractivity contribution in [3.8, 4) is 0 Å². The molecular formula is C13H23NO3. The highest BCUT2D eigenvalue weighted by Crippen LogP contribution is 2.09. The Morgan fingerprint density at radius 3 is 2.24 bits per heavy atom. The Bertz CT molecular complexity index is 270. The SMILES string of the molecule is C=C(CCCCOC(C)=O)C(=O)N(CC)CC. The maximum Gasteiger partial charge on any atom is 0.302 e. The van der Waals surface area contributed by atoms with Gasteiger partial charge in [-0.15, -0.1) is 0 Å². The van der Waals surface area contributed by atoms with Gasteiger partial charge in [-0.2, -0.15) is 0 Å². The first-order chi connectivity index (χ1) is 8.02. The van der Waals surface area contributed by atoms with Crippen LogP contribution in [0, 0.1) is 0 Å². The van der Waals surface area contributed by atoms with E-state index in [2.05, 4.69) is 6.58 Å². The van der Waals surface area contributed by atoms with Crippen molar-refractivity contribution in [3.05, 3.63) is 12.2 Å². The van der Waals surface area contributed by atoms with Crippen molar-refractivity contribution in [3.63, 3.8) is 0 Å². The van der Waals surface area contributed by atoms with Gasteiger partial charge in [0.25, 0.3) is 0 Å². The Kier molecular flexibility index (Phi) is 8.11. The molecule has 0 aliphatic carbocycles. The summed E-state index contributed by atoms with van der Waals surface area (Å²) in [5.74, 6) is -0.231. The lowest BCUT2D eigenvalue weighted by Crippen LogP contribution is -2.31. The monoisotopic (exact) mass is 241 g/mol. The van der Waals surface area contributed by atoms with Crippen LogP contribution in [-0.2, 0) is 14.3 Å². The second kappa shape index (κ2) is 8.79. The minimum absolute atomic E-state index is 0.0301. The molecule has 0 saturated heterocycles. The van der Waals surface area contributed by atoms with E-state index in [4.69, 9.17) is 4.74 Å². The number of unbranched alkanes of at least 4 members (excludes halogenated alkanes) is 1. The van der Waals surface area contributed by atoms with Crippen molar-refractivity contribution in [1.82, 2.24) is 4.90 Å². The third-order valence-electron chi connectivity index (χ3n) is 2.53. The average Bonchev–Trinajstić information content (AvgIpc) is 2.29. The Balaban J connectivity index is 3.78. The Morgan fingerprint density at radius 1 is 1.18 bits per heavy atom. The largest absolute Gasteiger partial charge is 0.466 e. The molecule has 0 atom stereocenters. The summed E-state index contributed by atoms with van der Waals surface area (Å²) in [6, 6.07) is 0. The van der Waals surface area contributed by atoms with Gasteiger partial charge in [0.15, 0.2) is 0 Å². The van der Waals surface area contributed by atoms with E-state index < -0.39 is 0 Å². The summed E-state index contributed by atoms with van der Waals surface area (Å²) in [6.45, 7) is 10.9. The van der Waals surface area contributed by atoms with Crippen molar-refractivity contribution in [2.24, 2.45) is 0 Å². The molecule has 0 saturated carbocycles. The summed E-state index contributed by atoms with van der Waals surface area (Å²) in [6.07, 6.45) is 2.25. The van der Waals surface area contributed by atoms with Crippen LogP contribution in [0.15, 0.2) is 12.2 Å². The lowest BCUT2D eigenvalue weighted by atomic mass is 10.1. The summed E-state index contributed by atoms with van der Waals surface area (Å²) in [7, 11) is 0. The van der Waals surface area contributed by atoms with Gasteiger partial charge >= 0.3 is 5.97 Å². The van der Waals surface area contributed by atoms with Crippen LogP contribution in [0.5, 0.6) is 0 Å². The second-order valence-electron chi connectivity index (χ2n) is 3.88. The zero-order valence-corrected chi connectivity index (χ0v) is 11.1. The zero-order valence-electron chi connectivity index (χ0n) is 11.1. The highest BCUT2D eigenvalue weighted by Gasteiger charge is 2.12. The van der Waals surface area contributed by atoms with Crippen molar-refractivity contribution in [1.29, 1.82) is 0 Å². The molecule has 0 heterocycles. The molecule has 0 aromatic rings. The molecule has 1 amide bonds. The number of rotatable bonds is 8. The maximum absolute atomic E-state index is 11.8. The lowest BCUT2D eigenvalue weighted by molar-refractivity contribution is -0.141. The summed E-state index contributed by atoms with van der Waals surface area (Å²) in [4.78, 5) is 24.1. The summed E-state index contributed by atoms with van der Waals surface area (Å²) >= 11 is 0. The first-order valence-electron chi connectivity index (χ1n) is 6.13. The third-order valence-corrected chi connectivity index (χ3v) is 2.53. The number of likely N-dealkylation sites (N-methyl/N-ethyl adjacent to an activating group) is 1. The molecule has 0 bridgehead atoms. The molecule has 0 aromatic heterocycles. The van der Waals surface area contributed by atoms with Gasteiger partial charge in [0.2, 0.25) is 5.91 Å². The van der Waals surface area contributed by atoms with Crippen molar-refractivity contribution < 1.29 is 14.3 Å². The minimum atomic E-state index is -0.261. The lowest BCUT2D eigenvalue weighted by Gasteiger charge is -2.19. The fraction of sp³-hybridized carbons (Fsp3) is 0.692. The van der Waals surface area contributed by atoms with Gasteiger partial charge in [-0.05, 0) is 33.1 Å². The highest BCUT2D eigenvalue weighted by molar-refractivity contribution is 5.92. The van der Waals surface area contributed by atoms with E-state index in [0.29, 0.717) is 31.7 Å². The third kappa shape index (κ3) is 6.76. The highest BCUT2D eigenvalue weighted by atomic mass is 16.5. The first-order valence-corrected chi connectivity index (χ1v) is 6.13. The molecule has 4 nitrogen and oxygen atoms in total. The van der Waals surface area contributed by atoms with E-state index in [1.54, 1.807) is 4.90 Å². The molecular weight excluding hydrogens is 218 g/mol. The summed E-state index contributed by atoms with van der Waals surface area (Å²) in [5.41, 5.74) is 0.636. The fourth-order valence-corrected chi connectivity index (χ4v) is 1.50. The number of hydrogen-bond acceptors (Lipinski definition) is 3. The van der Waals surface area contributed by atoms with E-state index in [0.717, 1.165) is 12.8 Å². The van der Waals surface area contributed by atoms with Crippen LogP contribution in [0.2, 0.25) is 0 Å². The van der Waals surface area contributed by atoms with E-state index >= 15 is 0 Å². The number of esters is 1. The Morgan fingerprint density at radius 2 is 1.76 bits per heavy atom. The number of nitrogens with zero attached hydrogens (tertiary/aromatic N) is 1. The molecule has 0 rings (SSSR count). The Hall–Kier alpha value is -1.32. The molecule has 17 heavy (non-hydrogen) atoms. The van der Waals surface area contributed by atoms with Gasteiger partial charge in [0.05, 0.1) is 6.61 Å². The number of amides is 1. The molecule has 0 aromatic carbocycles. The van der Waals surface area contributed by atoms with Crippen LogP contribution in [0.25, 0.3) is 0 Å². The predicted molar refractivity (Wildman–Crippen MR) is 67.6 cm³/mol. The molecule has 98 valence electrons. The van der Waals surface area contributed by atoms with Crippen molar-refractivity contribution >= 4 is 11.9 Å². The second-order valence-corrected chi connectivity index (χ2v) is 3.88. The normalized spacial score (nSPS) is 9.82. The van der Waals surface area contributed by atoms with Crippen molar-refractivity contribution in [2.45, 2.75) is 40.0 Å². The number of hydrogen-bond donors (Lipinski definition) is 0. The van der Waals surface area contributed by atoms with Gasteiger partial charge < -0.3 is 9.64 Å². The van der Waals surface area contributed by atoms with Gasteiger partial charge in [0.1, 0.15) is 0 Å². The quantitative estimate of drug-likeness (QED) is 0.371. The van der Waals surface area contributed by atoms with Crippen LogP contribution in [0.1, 0.15) is 40.0 Å². The molecule has 4 heteroatoms. The summed E-state index contributed by atoms with van der Waals surface area (Å²) in [5, 5.41) is 0. The van der Waals surface area contributed by atoms with Gasteiger partial charge in [-0.1, -0.05) is 6.58 Å². The topological polar surface area (TPSA) is 46.6 Å². The standard InChI is InChI=1S/C13H23NO3/c1-5-14(6-2)13(16)11(3)9-7-8-10-17-12(4)15/h3,5-10H2,1-2,4H3. The molecule has 0 aliphatic rings. The predicted octanol–water partition coefficient (Wildman–Crippen LogP) is 2.14. The van der Waals surface area contributed by atoms with Crippen molar-refractivity contribution in [2.75, 3.05) is 19.7 Å². The average molecular weight is 241 g/mol. The molecule has 0 unspecified atom stereocenters. The molecule has 0 aliphatic heterocycles.